The van der Waals surface area contributed by atoms with Crippen molar-refractivity contribution in [3.8, 4) is 5.75 Å². The highest BCUT2D eigenvalue weighted by atomic mass is 16.5. The fourth-order valence-electron chi connectivity index (χ4n) is 5.06. The molecule has 2 fully saturated rings. The van der Waals surface area contributed by atoms with E-state index in [1.807, 2.05) is 24.3 Å². The van der Waals surface area contributed by atoms with E-state index < -0.39 is 5.97 Å². The van der Waals surface area contributed by atoms with Crippen molar-refractivity contribution in [1.29, 1.82) is 0 Å². The van der Waals surface area contributed by atoms with E-state index in [0.29, 0.717) is 18.4 Å². The number of likely N-dealkylation sites (tertiary alicyclic amines) is 2. The van der Waals surface area contributed by atoms with Gasteiger partial charge in [0.25, 0.3) is 0 Å². The summed E-state index contributed by atoms with van der Waals surface area (Å²) in [5.41, 5.74) is 7.76. The molecule has 0 saturated carbocycles. The monoisotopic (exact) mass is 496 g/mol. The Labute approximate surface area is 213 Å². The van der Waals surface area contributed by atoms with Gasteiger partial charge in [0.05, 0.1) is 12.5 Å². The summed E-state index contributed by atoms with van der Waals surface area (Å²) in [7, 11) is 0. The van der Waals surface area contributed by atoms with Gasteiger partial charge in [-0.25, -0.2) is 4.79 Å². The molecule has 0 radical (unpaired) electrons. The number of nitrogens with one attached hydrogen (secondary N) is 1. The van der Waals surface area contributed by atoms with Crippen molar-refractivity contribution in [2.24, 2.45) is 5.73 Å². The van der Waals surface area contributed by atoms with Gasteiger partial charge in [0, 0.05) is 35.1 Å². The van der Waals surface area contributed by atoms with Crippen molar-refractivity contribution >= 4 is 16.9 Å². The third-order valence-electron chi connectivity index (χ3n) is 7.25. The van der Waals surface area contributed by atoms with Crippen LogP contribution in [0.1, 0.15) is 61.5 Å². The summed E-state index contributed by atoms with van der Waals surface area (Å²) in [4.78, 5) is 19.1. The van der Waals surface area contributed by atoms with E-state index in [-0.39, 0.29) is 5.69 Å². The Bertz CT molecular complexity index is 1060. The summed E-state index contributed by atoms with van der Waals surface area (Å²) in [6.45, 7) is 9.07. The quantitative estimate of drug-likeness (QED) is 0.435. The Hall–Kier alpha value is -2.81. The lowest BCUT2D eigenvalue weighted by Gasteiger charge is -2.36. The van der Waals surface area contributed by atoms with Crippen LogP contribution in [-0.4, -0.2) is 70.7 Å². The van der Waals surface area contributed by atoms with Gasteiger partial charge in [-0.3, -0.25) is 4.90 Å². The van der Waals surface area contributed by atoms with Crippen LogP contribution < -0.4 is 10.5 Å². The third kappa shape index (κ3) is 7.35. The van der Waals surface area contributed by atoms with Crippen LogP contribution in [0, 0.1) is 0 Å². The predicted molar refractivity (Wildman–Crippen MR) is 141 cm³/mol. The maximum absolute atomic E-state index is 10.9. The van der Waals surface area contributed by atoms with Crippen LogP contribution in [0.2, 0.25) is 0 Å². The second kappa shape index (κ2) is 12.9. The van der Waals surface area contributed by atoms with Crippen LogP contribution in [0.4, 0.5) is 0 Å². The van der Waals surface area contributed by atoms with Gasteiger partial charge in [-0.2, -0.15) is 0 Å². The van der Waals surface area contributed by atoms with Crippen molar-refractivity contribution in [3.05, 3.63) is 54.1 Å². The molecule has 0 spiro atoms. The van der Waals surface area contributed by atoms with Crippen molar-refractivity contribution in [2.45, 2.75) is 64.1 Å². The van der Waals surface area contributed by atoms with Gasteiger partial charge in [0.1, 0.15) is 18.1 Å². The molecule has 36 heavy (non-hydrogen) atoms. The van der Waals surface area contributed by atoms with Crippen LogP contribution in [0.5, 0.6) is 5.75 Å². The molecule has 0 aliphatic carbocycles. The van der Waals surface area contributed by atoms with E-state index in [9.17, 15) is 4.79 Å². The number of aromatic amines is 1. The van der Waals surface area contributed by atoms with Gasteiger partial charge in [0.2, 0.25) is 0 Å². The number of benzene rings is 1. The number of fused-ring (bicyclic) bond motifs is 1. The van der Waals surface area contributed by atoms with Crippen molar-refractivity contribution in [1.82, 2.24) is 14.8 Å². The smallest absolute Gasteiger partial charge is 0.352 e. The number of furan rings is 1. The molecule has 8 heteroatoms. The molecule has 0 unspecified atom stereocenters. The molecule has 2 aliphatic rings. The molecule has 0 amide bonds. The minimum absolute atomic E-state index is 0.148. The van der Waals surface area contributed by atoms with Gasteiger partial charge in [0.15, 0.2) is 0 Å². The molecule has 2 aliphatic heterocycles. The standard InChI is InChI=1S/C14H29N3.C14H11NO4/c1-13(17-8-4-2-3-5-9-17)12-16-10-6-14(15)7-11-16;16-14(17)12-6-10-11(15-12)2-1-3-13(10)19-8-9-4-5-18-7-9/h13-14H,2-12,15H2,1H3;1-7,15H,8H2,(H,16,17)/t13-;/m1./s1. The van der Waals surface area contributed by atoms with E-state index in [1.165, 1.54) is 71.2 Å². The lowest BCUT2D eigenvalue weighted by molar-refractivity contribution is 0.0691. The maximum Gasteiger partial charge on any atom is 0.352 e. The molecule has 1 atom stereocenters. The molecule has 2 saturated heterocycles. The number of hydrogen-bond acceptors (Lipinski definition) is 6. The second-order valence-corrected chi connectivity index (χ2v) is 10.1. The number of ether oxygens (including phenoxy) is 1. The average Bonchev–Trinajstić information content (AvgIpc) is 3.48. The Morgan fingerprint density at radius 2 is 1.92 bits per heavy atom. The molecule has 4 heterocycles. The first-order valence-corrected chi connectivity index (χ1v) is 13.2. The molecular formula is C28H40N4O4. The normalized spacial score (nSPS) is 18.8. The molecule has 2 aromatic heterocycles. The molecule has 8 nitrogen and oxygen atoms in total. The summed E-state index contributed by atoms with van der Waals surface area (Å²) < 4.78 is 10.6. The number of H-pyrrole nitrogens is 1. The first kappa shape index (κ1) is 26.3. The van der Waals surface area contributed by atoms with Crippen LogP contribution in [0.3, 0.4) is 0 Å². The number of aromatic nitrogens is 1. The summed E-state index contributed by atoms with van der Waals surface area (Å²) >= 11 is 0. The number of hydrogen-bond donors (Lipinski definition) is 3. The average molecular weight is 497 g/mol. The molecule has 0 bridgehead atoms. The summed E-state index contributed by atoms with van der Waals surface area (Å²) in [6, 6.07) is 10.0. The van der Waals surface area contributed by atoms with E-state index in [2.05, 4.69) is 21.7 Å². The zero-order chi connectivity index (χ0) is 25.3. The minimum Gasteiger partial charge on any atom is -0.488 e. The van der Waals surface area contributed by atoms with Gasteiger partial charge >= 0.3 is 5.97 Å². The van der Waals surface area contributed by atoms with Gasteiger partial charge in [-0.15, -0.1) is 0 Å². The van der Waals surface area contributed by atoms with Crippen molar-refractivity contribution in [2.75, 3.05) is 32.7 Å². The highest BCUT2D eigenvalue weighted by molar-refractivity contribution is 5.96. The van der Waals surface area contributed by atoms with Crippen molar-refractivity contribution in [3.63, 3.8) is 0 Å². The van der Waals surface area contributed by atoms with Gasteiger partial charge < -0.3 is 29.9 Å². The van der Waals surface area contributed by atoms with E-state index in [0.717, 1.165) is 22.5 Å². The van der Waals surface area contributed by atoms with Crippen LogP contribution in [0.15, 0.2) is 47.3 Å². The molecular weight excluding hydrogens is 456 g/mol. The van der Waals surface area contributed by atoms with Gasteiger partial charge in [-0.05, 0) is 83.1 Å². The predicted octanol–water partition coefficient (Wildman–Crippen LogP) is 4.71. The molecule has 196 valence electrons. The number of carboxylic acid groups (broad SMARTS) is 1. The Kier molecular flexibility index (Phi) is 9.44. The lowest BCUT2D eigenvalue weighted by atomic mass is 10.1. The topological polar surface area (TPSA) is 108 Å². The lowest BCUT2D eigenvalue weighted by Crippen LogP contribution is -2.47. The molecule has 1 aromatic carbocycles. The largest absolute Gasteiger partial charge is 0.488 e. The molecule has 4 N–H and O–H groups in total. The fourth-order valence-corrected chi connectivity index (χ4v) is 5.06. The second-order valence-electron chi connectivity index (χ2n) is 10.1. The number of rotatable bonds is 7. The summed E-state index contributed by atoms with van der Waals surface area (Å²) in [6.07, 6.45) is 11.2. The zero-order valence-corrected chi connectivity index (χ0v) is 21.3. The number of nitrogens with two attached hydrogens (primary N) is 1. The highest BCUT2D eigenvalue weighted by Crippen LogP contribution is 2.27. The summed E-state index contributed by atoms with van der Waals surface area (Å²) in [5.74, 6) is -0.348. The Balaban J connectivity index is 0.000000170. The first-order chi connectivity index (χ1) is 17.5. The first-order valence-electron chi connectivity index (χ1n) is 13.2. The van der Waals surface area contributed by atoms with E-state index in [1.54, 1.807) is 18.6 Å². The number of carboxylic acids is 1. The van der Waals surface area contributed by atoms with Crippen LogP contribution in [0.25, 0.3) is 10.9 Å². The number of nitrogens with zero attached hydrogens (tertiary/aromatic N) is 2. The van der Waals surface area contributed by atoms with E-state index >= 15 is 0 Å². The molecule has 5 rings (SSSR count). The number of piperidine rings is 1. The molecule has 3 aromatic rings. The minimum atomic E-state index is -0.989. The summed E-state index contributed by atoms with van der Waals surface area (Å²) in [5, 5.41) is 9.73. The number of aromatic carboxylic acids is 1. The van der Waals surface area contributed by atoms with Crippen LogP contribution >= 0.6 is 0 Å². The Morgan fingerprint density at radius 3 is 2.58 bits per heavy atom. The number of carbonyl (C=O) groups is 1. The fraction of sp³-hybridized carbons (Fsp3) is 0.536. The maximum atomic E-state index is 10.9. The zero-order valence-electron chi connectivity index (χ0n) is 21.3. The van der Waals surface area contributed by atoms with Crippen LogP contribution in [-0.2, 0) is 6.61 Å². The van der Waals surface area contributed by atoms with Gasteiger partial charge in [-0.1, -0.05) is 18.9 Å². The highest BCUT2D eigenvalue weighted by Gasteiger charge is 2.21. The van der Waals surface area contributed by atoms with E-state index in [4.69, 9.17) is 20.0 Å². The Morgan fingerprint density at radius 1 is 1.17 bits per heavy atom. The third-order valence-corrected chi connectivity index (χ3v) is 7.25. The SMILES string of the molecule is C[C@H](CN1CCC(N)CC1)N1CCCCCC1.O=C(O)c1cc2c(OCc3ccoc3)cccc2[nH]1. The van der Waals surface area contributed by atoms with Crippen molar-refractivity contribution < 1.29 is 19.1 Å².